The first-order valence-electron chi connectivity index (χ1n) is 24.2. The Kier molecular flexibility index (Phi) is 44.8. The van der Waals surface area contributed by atoms with E-state index in [2.05, 4.69) is 55.6 Å². The summed E-state index contributed by atoms with van der Waals surface area (Å²) >= 11 is 0. The molecule has 3 N–H and O–H groups in total. The maximum Gasteiger partial charge on any atom is 0.220 e. The SMILES string of the molecule is CCCCCCC/C=C\C/C=C\C/C=C\CCCCCCCCC(=O)NC(CO)C(O)CCCCCCCCCCCCCCCCCCCCCCC. The molecule has 0 saturated heterocycles. The van der Waals surface area contributed by atoms with Crippen molar-refractivity contribution in [2.75, 3.05) is 6.61 Å². The minimum atomic E-state index is -0.666. The van der Waals surface area contributed by atoms with Gasteiger partial charge in [0.25, 0.3) is 0 Å². The molecule has 2 unspecified atom stereocenters. The Hall–Kier alpha value is -1.39. The maximum atomic E-state index is 12.4. The van der Waals surface area contributed by atoms with Gasteiger partial charge in [-0.05, 0) is 51.4 Å². The van der Waals surface area contributed by atoms with Crippen LogP contribution in [0.5, 0.6) is 0 Å². The van der Waals surface area contributed by atoms with Crippen molar-refractivity contribution in [2.24, 2.45) is 0 Å². The van der Waals surface area contributed by atoms with Gasteiger partial charge in [0.1, 0.15) is 0 Å². The monoisotopic (exact) mass is 758 g/mol. The van der Waals surface area contributed by atoms with Crippen LogP contribution in [0.4, 0.5) is 0 Å². The Morgan fingerprint density at radius 1 is 0.444 bits per heavy atom. The van der Waals surface area contributed by atoms with Gasteiger partial charge in [-0.25, -0.2) is 0 Å². The van der Waals surface area contributed by atoms with Crippen molar-refractivity contribution in [3.8, 4) is 0 Å². The number of aliphatic hydroxyl groups is 2. The van der Waals surface area contributed by atoms with Crippen LogP contribution in [0.25, 0.3) is 0 Å². The van der Waals surface area contributed by atoms with Gasteiger partial charge in [0, 0.05) is 6.42 Å². The lowest BCUT2D eigenvalue weighted by Crippen LogP contribution is -2.45. The Labute approximate surface area is 338 Å². The van der Waals surface area contributed by atoms with Crippen LogP contribution >= 0.6 is 0 Å². The molecule has 0 heterocycles. The lowest BCUT2D eigenvalue weighted by molar-refractivity contribution is -0.123. The first kappa shape index (κ1) is 52.6. The van der Waals surface area contributed by atoms with Gasteiger partial charge in [0.2, 0.25) is 5.91 Å². The minimum absolute atomic E-state index is 0.0417. The predicted molar refractivity (Wildman–Crippen MR) is 239 cm³/mol. The minimum Gasteiger partial charge on any atom is -0.394 e. The average Bonchev–Trinajstić information content (AvgIpc) is 3.18. The zero-order valence-electron chi connectivity index (χ0n) is 36.5. The molecule has 2 atom stereocenters. The predicted octanol–water partition coefficient (Wildman–Crippen LogP) is 15.4. The molecule has 4 nitrogen and oxygen atoms in total. The molecule has 0 aromatic rings. The lowest BCUT2D eigenvalue weighted by atomic mass is 10.0. The van der Waals surface area contributed by atoms with E-state index in [4.69, 9.17) is 0 Å². The molecule has 0 fully saturated rings. The summed E-state index contributed by atoms with van der Waals surface area (Å²) in [4.78, 5) is 12.4. The van der Waals surface area contributed by atoms with Crippen molar-refractivity contribution < 1.29 is 15.0 Å². The van der Waals surface area contributed by atoms with Crippen molar-refractivity contribution in [1.29, 1.82) is 0 Å². The molecule has 318 valence electrons. The first-order chi connectivity index (χ1) is 26.7. The van der Waals surface area contributed by atoms with Crippen LogP contribution < -0.4 is 5.32 Å². The summed E-state index contributed by atoms with van der Waals surface area (Å²) in [6.45, 7) is 4.36. The van der Waals surface area contributed by atoms with Gasteiger partial charge in [-0.15, -0.1) is 0 Å². The summed E-state index contributed by atoms with van der Waals surface area (Å²) in [5.41, 5.74) is 0. The van der Waals surface area contributed by atoms with Crippen molar-refractivity contribution in [3.05, 3.63) is 36.5 Å². The molecule has 54 heavy (non-hydrogen) atoms. The van der Waals surface area contributed by atoms with Crippen LogP contribution in [0.15, 0.2) is 36.5 Å². The number of hydrogen-bond donors (Lipinski definition) is 3. The topological polar surface area (TPSA) is 69.6 Å². The van der Waals surface area contributed by atoms with Crippen LogP contribution in [0.3, 0.4) is 0 Å². The number of amides is 1. The maximum absolute atomic E-state index is 12.4. The van der Waals surface area contributed by atoms with Crippen molar-refractivity contribution in [3.63, 3.8) is 0 Å². The standard InChI is InChI=1S/C50H95NO3/c1-3-5-7-9-11-13-15-17-19-21-23-25-27-29-31-33-35-37-39-41-43-45-49(53)48(47-52)51-50(54)46-44-42-40-38-36-34-32-30-28-26-24-22-20-18-16-14-12-10-8-6-4-2/h16,18,22,24,28,30,48-49,52-53H,3-15,17,19-21,23,25-27,29,31-47H2,1-2H3,(H,51,54)/b18-16-,24-22-,30-28-. The van der Waals surface area contributed by atoms with E-state index in [0.29, 0.717) is 12.8 Å². The van der Waals surface area contributed by atoms with Crippen LogP contribution in [0, 0.1) is 0 Å². The Morgan fingerprint density at radius 3 is 1.13 bits per heavy atom. The van der Waals surface area contributed by atoms with Crippen LogP contribution in [-0.4, -0.2) is 34.9 Å². The largest absolute Gasteiger partial charge is 0.394 e. The molecule has 0 saturated carbocycles. The highest BCUT2D eigenvalue weighted by atomic mass is 16.3. The van der Waals surface area contributed by atoms with Gasteiger partial charge in [-0.2, -0.15) is 0 Å². The summed E-state index contributed by atoms with van der Waals surface area (Å²) in [5.74, 6) is -0.0417. The van der Waals surface area contributed by atoms with Crippen LogP contribution in [0.2, 0.25) is 0 Å². The molecule has 0 spiro atoms. The number of rotatable bonds is 44. The van der Waals surface area contributed by atoms with Crippen molar-refractivity contribution >= 4 is 5.91 Å². The van der Waals surface area contributed by atoms with Gasteiger partial charge in [-0.1, -0.05) is 237 Å². The van der Waals surface area contributed by atoms with E-state index in [-0.39, 0.29) is 12.5 Å². The zero-order valence-corrected chi connectivity index (χ0v) is 36.5. The summed E-state index contributed by atoms with van der Waals surface area (Å²) in [6, 6.07) is -0.544. The molecule has 0 aromatic carbocycles. The Bertz CT molecular complexity index is 821. The van der Waals surface area contributed by atoms with Crippen LogP contribution in [-0.2, 0) is 4.79 Å². The first-order valence-corrected chi connectivity index (χ1v) is 24.2. The molecule has 0 aliphatic rings. The number of carbonyl (C=O) groups is 1. The summed E-state index contributed by atoms with van der Waals surface area (Å²) in [7, 11) is 0. The highest BCUT2D eigenvalue weighted by Crippen LogP contribution is 2.16. The Morgan fingerprint density at radius 2 is 0.759 bits per heavy atom. The molecule has 0 aliphatic heterocycles. The number of hydrogen-bond acceptors (Lipinski definition) is 3. The molecule has 0 rings (SSSR count). The van der Waals surface area contributed by atoms with Gasteiger partial charge < -0.3 is 15.5 Å². The highest BCUT2D eigenvalue weighted by molar-refractivity contribution is 5.76. The van der Waals surface area contributed by atoms with Gasteiger partial charge in [0.05, 0.1) is 18.8 Å². The van der Waals surface area contributed by atoms with Crippen LogP contribution in [0.1, 0.15) is 258 Å². The second-order valence-electron chi connectivity index (χ2n) is 16.5. The smallest absolute Gasteiger partial charge is 0.220 e. The molecular formula is C50H95NO3. The fourth-order valence-corrected chi connectivity index (χ4v) is 7.43. The number of unbranched alkanes of at least 4 members (excludes halogenated alkanes) is 31. The van der Waals surface area contributed by atoms with Gasteiger partial charge in [0.15, 0.2) is 0 Å². The van der Waals surface area contributed by atoms with E-state index in [1.54, 1.807) is 0 Å². The number of allylic oxidation sites excluding steroid dienone is 6. The fourth-order valence-electron chi connectivity index (χ4n) is 7.43. The summed E-state index contributed by atoms with van der Waals surface area (Å²) in [5, 5.41) is 23.2. The van der Waals surface area contributed by atoms with Crippen molar-refractivity contribution in [2.45, 2.75) is 270 Å². The number of aliphatic hydroxyl groups excluding tert-OH is 2. The molecule has 0 bridgehead atoms. The number of carbonyl (C=O) groups excluding carboxylic acids is 1. The summed E-state index contributed by atoms with van der Waals surface area (Å²) in [6.07, 6.45) is 60.9. The molecule has 1 amide bonds. The van der Waals surface area contributed by atoms with E-state index >= 15 is 0 Å². The molecule has 4 heteroatoms. The van der Waals surface area contributed by atoms with E-state index in [1.807, 2.05) is 0 Å². The number of nitrogens with one attached hydrogen (secondary N) is 1. The van der Waals surface area contributed by atoms with Crippen molar-refractivity contribution in [1.82, 2.24) is 5.32 Å². The van der Waals surface area contributed by atoms with Gasteiger partial charge >= 0.3 is 0 Å². The van der Waals surface area contributed by atoms with E-state index in [9.17, 15) is 15.0 Å². The second kappa shape index (κ2) is 46.0. The zero-order chi connectivity index (χ0) is 39.3. The lowest BCUT2D eigenvalue weighted by Gasteiger charge is -2.22. The molecule has 0 radical (unpaired) electrons. The normalized spacial score (nSPS) is 13.2. The quantitative estimate of drug-likeness (QED) is 0.0428. The second-order valence-corrected chi connectivity index (χ2v) is 16.5. The van der Waals surface area contributed by atoms with E-state index < -0.39 is 12.1 Å². The molecular weight excluding hydrogens is 663 g/mol. The Balaban J connectivity index is 3.53. The van der Waals surface area contributed by atoms with Gasteiger partial charge in [-0.3, -0.25) is 4.79 Å². The van der Waals surface area contributed by atoms with E-state index in [1.165, 1.54) is 180 Å². The highest BCUT2D eigenvalue weighted by Gasteiger charge is 2.20. The van der Waals surface area contributed by atoms with E-state index in [0.717, 1.165) is 51.4 Å². The average molecular weight is 758 g/mol. The fraction of sp³-hybridized carbons (Fsp3) is 0.860. The molecule has 0 aliphatic carbocycles. The third-order valence-corrected chi connectivity index (χ3v) is 11.2. The third kappa shape index (κ3) is 41.8. The molecule has 0 aromatic heterocycles. The summed E-state index contributed by atoms with van der Waals surface area (Å²) < 4.78 is 0. The third-order valence-electron chi connectivity index (χ3n) is 11.2.